The van der Waals surface area contributed by atoms with E-state index < -0.39 is 24.0 Å². The number of hydrogen-bond donors (Lipinski definition) is 4. The zero-order valence-electron chi connectivity index (χ0n) is 15.2. The number of amides is 1. The Kier molecular flexibility index (Phi) is 6.58. The van der Waals surface area contributed by atoms with Gasteiger partial charge in [0.25, 0.3) is 5.91 Å². The molecule has 0 aliphatic heterocycles. The van der Waals surface area contributed by atoms with Crippen molar-refractivity contribution in [2.75, 3.05) is 0 Å². The summed E-state index contributed by atoms with van der Waals surface area (Å²) in [6.45, 7) is 0. The van der Waals surface area contributed by atoms with Gasteiger partial charge in [-0.15, -0.1) is 0 Å². The molecule has 1 heterocycles. The maximum atomic E-state index is 12.3. The van der Waals surface area contributed by atoms with Crippen LogP contribution in [-0.4, -0.2) is 49.6 Å². The molecule has 150 valence electrons. The number of carbonyl (C=O) groups excluding carboxylic acids is 1. The Hall–Kier alpha value is -3.23. The monoisotopic (exact) mass is 414 g/mol. The Morgan fingerprint density at radius 1 is 1.14 bits per heavy atom. The van der Waals surface area contributed by atoms with E-state index in [1.807, 2.05) is 42.5 Å². The zero-order chi connectivity index (χ0) is 20.8. The number of rotatable bonds is 8. The van der Waals surface area contributed by atoms with Crippen molar-refractivity contribution in [3.8, 4) is 11.1 Å². The Balaban J connectivity index is 1.73. The second-order valence-electron chi connectivity index (χ2n) is 6.53. The minimum atomic E-state index is -1.59. The molecule has 1 aromatic heterocycles. The molecule has 3 rings (SSSR count). The van der Waals surface area contributed by atoms with Crippen LogP contribution in [0.25, 0.3) is 11.1 Å². The molecule has 0 fully saturated rings. The average molecular weight is 415 g/mol. The predicted octanol–water partition coefficient (Wildman–Crippen LogP) is 2.30. The summed E-state index contributed by atoms with van der Waals surface area (Å²) in [5, 5.41) is 31.7. The summed E-state index contributed by atoms with van der Waals surface area (Å²) >= 11 is 6.04. The van der Waals surface area contributed by atoms with Crippen molar-refractivity contribution >= 4 is 23.5 Å². The maximum absolute atomic E-state index is 12.3. The van der Waals surface area contributed by atoms with Gasteiger partial charge >= 0.3 is 5.97 Å². The molecule has 29 heavy (non-hydrogen) atoms. The van der Waals surface area contributed by atoms with Crippen LogP contribution in [-0.2, 0) is 11.2 Å². The third kappa shape index (κ3) is 5.63. The van der Waals surface area contributed by atoms with Crippen molar-refractivity contribution in [1.29, 1.82) is 0 Å². The van der Waals surface area contributed by atoms with Gasteiger partial charge in [-0.1, -0.05) is 48.0 Å². The lowest BCUT2D eigenvalue weighted by Gasteiger charge is -2.20. The first-order valence-corrected chi connectivity index (χ1v) is 9.22. The van der Waals surface area contributed by atoms with E-state index in [1.54, 1.807) is 6.07 Å². The molecule has 0 aliphatic rings. The van der Waals surface area contributed by atoms with Crippen molar-refractivity contribution in [2.24, 2.45) is 0 Å². The minimum absolute atomic E-state index is 0.0797. The van der Waals surface area contributed by atoms with Gasteiger partial charge in [0, 0.05) is 17.5 Å². The summed E-state index contributed by atoms with van der Waals surface area (Å²) < 4.78 is 0. The highest BCUT2D eigenvalue weighted by Gasteiger charge is 2.23. The molecule has 4 N–H and O–H groups in total. The van der Waals surface area contributed by atoms with E-state index in [0.29, 0.717) is 11.4 Å². The lowest BCUT2D eigenvalue weighted by atomic mass is 9.97. The summed E-state index contributed by atoms with van der Waals surface area (Å²) in [7, 11) is 0. The van der Waals surface area contributed by atoms with Crippen LogP contribution in [0.3, 0.4) is 0 Å². The van der Waals surface area contributed by atoms with E-state index >= 15 is 0 Å². The number of aromatic amines is 1. The topological polar surface area (TPSA) is 128 Å². The molecular weight excluding hydrogens is 396 g/mol. The number of benzene rings is 2. The molecule has 0 saturated heterocycles. The van der Waals surface area contributed by atoms with E-state index in [0.717, 1.165) is 16.7 Å². The lowest BCUT2D eigenvalue weighted by Crippen LogP contribution is -2.40. The number of aliphatic hydroxyl groups is 1. The summed E-state index contributed by atoms with van der Waals surface area (Å²) in [5.74, 6) is -1.85. The van der Waals surface area contributed by atoms with Gasteiger partial charge < -0.3 is 15.5 Å². The zero-order valence-corrected chi connectivity index (χ0v) is 16.0. The Morgan fingerprint density at radius 2 is 1.90 bits per heavy atom. The van der Waals surface area contributed by atoms with Crippen molar-refractivity contribution in [3.05, 3.63) is 71.0 Å². The molecule has 0 aliphatic carbocycles. The number of nitrogens with zero attached hydrogens (tertiary/aromatic N) is 2. The normalized spacial score (nSPS) is 12.9. The average Bonchev–Trinajstić information content (AvgIpc) is 3.23. The van der Waals surface area contributed by atoms with Gasteiger partial charge in [-0.05, 0) is 35.2 Å². The largest absolute Gasteiger partial charge is 0.479 e. The van der Waals surface area contributed by atoms with E-state index in [9.17, 15) is 14.7 Å². The Morgan fingerprint density at radius 3 is 2.52 bits per heavy atom. The molecule has 2 atom stereocenters. The summed E-state index contributed by atoms with van der Waals surface area (Å²) in [6, 6.07) is 14.5. The Labute approximate surface area is 171 Å². The molecule has 8 nitrogen and oxygen atoms in total. The van der Waals surface area contributed by atoms with E-state index in [-0.39, 0.29) is 12.1 Å². The van der Waals surface area contributed by atoms with Gasteiger partial charge in [0.1, 0.15) is 0 Å². The van der Waals surface area contributed by atoms with Crippen LogP contribution in [0.4, 0.5) is 0 Å². The first kappa shape index (κ1) is 20.5. The van der Waals surface area contributed by atoms with Crippen LogP contribution < -0.4 is 5.32 Å². The maximum Gasteiger partial charge on any atom is 0.332 e. The fourth-order valence-corrected chi connectivity index (χ4v) is 3.11. The number of nitrogens with one attached hydrogen (secondary N) is 2. The van der Waals surface area contributed by atoms with Crippen LogP contribution in [0.5, 0.6) is 0 Å². The predicted molar refractivity (Wildman–Crippen MR) is 106 cm³/mol. The number of carboxylic acids is 1. The number of halogens is 1. The van der Waals surface area contributed by atoms with Gasteiger partial charge in [-0.2, -0.15) is 15.4 Å². The van der Waals surface area contributed by atoms with Crippen LogP contribution in [0.1, 0.15) is 22.5 Å². The van der Waals surface area contributed by atoms with Gasteiger partial charge in [0.15, 0.2) is 11.8 Å². The highest BCUT2D eigenvalue weighted by Crippen LogP contribution is 2.23. The molecule has 0 saturated carbocycles. The standard InChI is InChI=1S/C20H19ClN4O4/c21-15-3-1-2-14(9-15)13-6-4-12(5-7-13)8-16(10-18(26)20(28)29)23-19(27)17-11-22-25-24-17/h1-7,9,11,16,18,26H,8,10H2,(H,23,27)(H,28,29)(H,22,24,25)/t16-,18-/m1/s1. The number of aliphatic hydroxyl groups excluding tert-OH is 1. The molecule has 0 unspecified atom stereocenters. The van der Waals surface area contributed by atoms with Gasteiger partial charge in [-0.3, -0.25) is 4.79 Å². The number of H-pyrrole nitrogens is 1. The number of aliphatic carboxylic acids is 1. The number of hydrogen-bond acceptors (Lipinski definition) is 5. The smallest absolute Gasteiger partial charge is 0.332 e. The molecule has 0 radical (unpaired) electrons. The van der Waals surface area contributed by atoms with Crippen molar-refractivity contribution < 1.29 is 19.8 Å². The summed E-state index contributed by atoms with van der Waals surface area (Å²) in [5.41, 5.74) is 2.90. The molecule has 1 amide bonds. The highest BCUT2D eigenvalue weighted by molar-refractivity contribution is 6.30. The van der Waals surface area contributed by atoms with E-state index in [2.05, 4.69) is 20.7 Å². The molecule has 3 aromatic rings. The van der Waals surface area contributed by atoms with Crippen LogP contribution in [0.2, 0.25) is 5.02 Å². The molecule has 9 heteroatoms. The molecule has 0 bridgehead atoms. The van der Waals surface area contributed by atoms with E-state index in [4.69, 9.17) is 16.7 Å². The highest BCUT2D eigenvalue weighted by atomic mass is 35.5. The van der Waals surface area contributed by atoms with Crippen molar-refractivity contribution in [2.45, 2.75) is 25.0 Å². The van der Waals surface area contributed by atoms with Crippen LogP contribution >= 0.6 is 11.6 Å². The third-order valence-corrected chi connectivity index (χ3v) is 4.60. The Bertz CT molecular complexity index is 976. The summed E-state index contributed by atoms with van der Waals surface area (Å²) in [6.07, 6.45) is -0.137. The van der Waals surface area contributed by atoms with Crippen molar-refractivity contribution in [3.63, 3.8) is 0 Å². The fourth-order valence-electron chi connectivity index (χ4n) is 2.92. The van der Waals surface area contributed by atoms with E-state index in [1.165, 1.54) is 6.20 Å². The minimum Gasteiger partial charge on any atom is -0.479 e. The first-order chi connectivity index (χ1) is 13.9. The number of aromatic nitrogens is 3. The molecular formula is C20H19ClN4O4. The third-order valence-electron chi connectivity index (χ3n) is 4.37. The summed E-state index contributed by atoms with van der Waals surface area (Å²) in [4.78, 5) is 23.3. The van der Waals surface area contributed by atoms with Gasteiger partial charge in [0.2, 0.25) is 0 Å². The molecule has 0 spiro atoms. The first-order valence-electron chi connectivity index (χ1n) is 8.85. The van der Waals surface area contributed by atoms with Crippen molar-refractivity contribution in [1.82, 2.24) is 20.7 Å². The lowest BCUT2D eigenvalue weighted by molar-refractivity contribution is -0.147. The number of carboxylic acid groups (broad SMARTS) is 1. The van der Waals surface area contributed by atoms with Gasteiger partial charge in [-0.25, -0.2) is 4.79 Å². The number of carbonyl (C=O) groups is 2. The van der Waals surface area contributed by atoms with Crippen LogP contribution in [0, 0.1) is 0 Å². The fraction of sp³-hybridized carbons (Fsp3) is 0.200. The van der Waals surface area contributed by atoms with Crippen LogP contribution in [0.15, 0.2) is 54.7 Å². The SMILES string of the molecule is O=C(N[C@H](Cc1ccc(-c2cccc(Cl)c2)cc1)C[C@@H](O)C(=O)O)c1cn[nH]n1. The quantitative estimate of drug-likeness (QED) is 0.447. The van der Waals surface area contributed by atoms with Gasteiger partial charge in [0.05, 0.1) is 6.20 Å². The second kappa shape index (κ2) is 9.31. The second-order valence-corrected chi connectivity index (χ2v) is 6.96. The molecule has 2 aromatic carbocycles.